The molecule has 0 saturated carbocycles. The number of H-pyrrole nitrogens is 1. The number of aryl methyl sites for hydroxylation is 1. The van der Waals surface area contributed by atoms with E-state index in [1.54, 1.807) is 11.8 Å². The summed E-state index contributed by atoms with van der Waals surface area (Å²) in [4.78, 5) is 9.03. The predicted molar refractivity (Wildman–Crippen MR) is 80.5 cm³/mol. The molecule has 1 N–H and O–H groups in total. The Bertz CT molecular complexity index is 798. The number of fused-ring (bicyclic) bond motifs is 1. The van der Waals surface area contributed by atoms with Crippen LogP contribution in [0.3, 0.4) is 0 Å². The number of pyridine rings is 1. The number of aromatic amines is 1. The Hall–Kier alpha value is -2.22. The minimum atomic E-state index is 0.197. The highest BCUT2D eigenvalue weighted by atomic mass is 32.2. The maximum atomic E-state index is 5.46. The lowest BCUT2D eigenvalue weighted by atomic mass is 9.90. The highest BCUT2D eigenvalue weighted by Crippen LogP contribution is 2.30. The average molecular weight is 314 g/mol. The topological polar surface area (TPSA) is 93.4 Å². The SMILES string of the molecule is CSc1cccc(-c2noc(C3CCc4n[nH]nc4C3)n2)n1. The molecule has 0 saturated heterocycles. The van der Waals surface area contributed by atoms with Crippen LogP contribution in [-0.4, -0.2) is 36.8 Å². The van der Waals surface area contributed by atoms with Gasteiger partial charge in [-0.2, -0.15) is 20.4 Å². The van der Waals surface area contributed by atoms with Gasteiger partial charge >= 0.3 is 0 Å². The van der Waals surface area contributed by atoms with Gasteiger partial charge < -0.3 is 4.52 Å². The Kier molecular flexibility index (Phi) is 3.38. The Balaban J connectivity index is 1.59. The molecule has 0 fully saturated rings. The highest BCUT2D eigenvalue weighted by Gasteiger charge is 2.27. The summed E-state index contributed by atoms with van der Waals surface area (Å²) in [5, 5.41) is 16.0. The van der Waals surface area contributed by atoms with Gasteiger partial charge in [-0.1, -0.05) is 11.2 Å². The normalized spacial score (nSPS) is 17.4. The zero-order chi connectivity index (χ0) is 14.9. The van der Waals surface area contributed by atoms with E-state index in [0.29, 0.717) is 11.7 Å². The Morgan fingerprint density at radius 1 is 1.23 bits per heavy atom. The van der Waals surface area contributed by atoms with Crippen LogP contribution in [0.4, 0.5) is 0 Å². The molecule has 7 nitrogen and oxygen atoms in total. The van der Waals surface area contributed by atoms with E-state index in [1.165, 1.54) is 0 Å². The van der Waals surface area contributed by atoms with E-state index in [1.807, 2.05) is 24.5 Å². The largest absolute Gasteiger partial charge is 0.339 e. The Morgan fingerprint density at radius 2 is 2.14 bits per heavy atom. The van der Waals surface area contributed by atoms with Gasteiger partial charge in [-0.25, -0.2) is 4.98 Å². The first-order valence-corrected chi connectivity index (χ1v) is 8.29. The zero-order valence-corrected chi connectivity index (χ0v) is 12.8. The summed E-state index contributed by atoms with van der Waals surface area (Å²) >= 11 is 1.59. The number of nitrogens with one attached hydrogen (secondary N) is 1. The molecule has 0 amide bonds. The van der Waals surface area contributed by atoms with Crippen LogP contribution in [-0.2, 0) is 12.8 Å². The maximum Gasteiger partial charge on any atom is 0.230 e. The molecule has 3 heterocycles. The molecule has 0 aromatic carbocycles. The van der Waals surface area contributed by atoms with E-state index >= 15 is 0 Å². The van der Waals surface area contributed by atoms with Crippen molar-refractivity contribution in [2.45, 2.75) is 30.2 Å². The molecule has 112 valence electrons. The van der Waals surface area contributed by atoms with Gasteiger partial charge in [-0.15, -0.1) is 11.8 Å². The van der Waals surface area contributed by atoms with E-state index in [9.17, 15) is 0 Å². The molecule has 1 atom stereocenters. The first-order valence-electron chi connectivity index (χ1n) is 7.07. The summed E-state index contributed by atoms with van der Waals surface area (Å²) in [7, 11) is 0. The highest BCUT2D eigenvalue weighted by molar-refractivity contribution is 7.98. The monoisotopic (exact) mass is 314 g/mol. The van der Waals surface area contributed by atoms with Crippen LogP contribution in [0.1, 0.15) is 29.6 Å². The third-order valence-corrected chi connectivity index (χ3v) is 4.47. The van der Waals surface area contributed by atoms with Gasteiger partial charge in [-0.3, -0.25) is 0 Å². The second-order valence-corrected chi connectivity index (χ2v) is 6.00. The summed E-state index contributed by atoms with van der Waals surface area (Å²) in [5.74, 6) is 1.39. The van der Waals surface area contributed by atoms with Crippen molar-refractivity contribution in [3.8, 4) is 11.5 Å². The zero-order valence-electron chi connectivity index (χ0n) is 12.0. The molecule has 3 aromatic rings. The quantitative estimate of drug-likeness (QED) is 0.741. The van der Waals surface area contributed by atoms with E-state index in [-0.39, 0.29) is 5.92 Å². The molecule has 22 heavy (non-hydrogen) atoms. The van der Waals surface area contributed by atoms with Crippen molar-refractivity contribution in [2.24, 2.45) is 0 Å². The smallest absolute Gasteiger partial charge is 0.230 e. The number of thioether (sulfide) groups is 1. The first kappa shape index (κ1) is 13.4. The molecule has 0 spiro atoms. The third kappa shape index (κ3) is 2.39. The number of rotatable bonds is 3. The summed E-state index contributed by atoms with van der Waals surface area (Å²) in [6.45, 7) is 0. The van der Waals surface area contributed by atoms with Gasteiger partial charge in [0.25, 0.3) is 0 Å². The summed E-state index contributed by atoms with van der Waals surface area (Å²) in [5.41, 5.74) is 2.78. The molecule has 0 radical (unpaired) electrons. The van der Waals surface area contributed by atoms with E-state index < -0.39 is 0 Å². The van der Waals surface area contributed by atoms with Crippen molar-refractivity contribution in [3.05, 3.63) is 35.5 Å². The Labute approximate surface area is 130 Å². The van der Waals surface area contributed by atoms with Crippen molar-refractivity contribution in [2.75, 3.05) is 6.26 Å². The fourth-order valence-electron chi connectivity index (χ4n) is 2.65. The van der Waals surface area contributed by atoms with Crippen molar-refractivity contribution < 1.29 is 4.52 Å². The standard InChI is InChI=1S/C14H14N6OS/c1-22-12-4-2-3-10(15-12)13-16-14(21-19-13)8-5-6-9-11(7-8)18-20-17-9/h2-4,8H,5-7H2,1H3,(H,17,18,20). The van der Waals surface area contributed by atoms with Crippen molar-refractivity contribution in [1.29, 1.82) is 0 Å². The molecular weight excluding hydrogens is 300 g/mol. The fraction of sp³-hybridized carbons (Fsp3) is 0.357. The van der Waals surface area contributed by atoms with E-state index in [0.717, 1.165) is 41.4 Å². The number of hydrogen-bond acceptors (Lipinski definition) is 7. The van der Waals surface area contributed by atoms with Gasteiger partial charge in [0.1, 0.15) is 5.69 Å². The molecule has 0 bridgehead atoms. The number of aromatic nitrogens is 6. The van der Waals surface area contributed by atoms with Crippen LogP contribution >= 0.6 is 11.8 Å². The van der Waals surface area contributed by atoms with E-state index in [4.69, 9.17) is 4.52 Å². The van der Waals surface area contributed by atoms with Crippen molar-refractivity contribution in [1.82, 2.24) is 30.5 Å². The minimum absolute atomic E-state index is 0.197. The second-order valence-electron chi connectivity index (χ2n) is 5.18. The minimum Gasteiger partial charge on any atom is -0.339 e. The lowest BCUT2D eigenvalue weighted by molar-refractivity contribution is 0.339. The van der Waals surface area contributed by atoms with Gasteiger partial charge in [-0.05, 0) is 31.2 Å². The van der Waals surface area contributed by atoms with Crippen LogP contribution in [0.25, 0.3) is 11.5 Å². The fourth-order valence-corrected chi connectivity index (χ4v) is 3.06. The molecule has 1 aliphatic rings. The van der Waals surface area contributed by atoms with Gasteiger partial charge in [0, 0.05) is 12.3 Å². The molecule has 4 rings (SSSR count). The first-order chi connectivity index (χ1) is 10.8. The maximum absolute atomic E-state index is 5.46. The lowest BCUT2D eigenvalue weighted by Crippen LogP contribution is -2.13. The van der Waals surface area contributed by atoms with Gasteiger partial charge in [0.2, 0.25) is 11.7 Å². The van der Waals surface area contributed by atoms with Crippen LogP contribution in [0.2, 0.25) is 0 Å². The van der Waals surface area contributed by atoms with E-state index in [2.05, 4.69) is 30.5 Å². The number of hydrogen-bond donors (Lipinski definition) is 1. The van der Waals surface area contributed by atoms with Crippen LogP contribution in [0.5, 0.6) is 0 Å². The Morgan fingerprint density at radius 3 is 3.05 bits per heavy atom. The van der Waals surface area contributed by atoms with Crippen LogP contribution in [0.15, 0.2) is 27.7 Å². The molecule has 0 aliphatic heterocycles. The lowest BCUT2D eigenvalue weighted by Gasteiger charge is -2.15. The van der Waals surface area contributed by atoms with Crippen molar-refractivity contribution >= 4 is 11.8 Å². The van der Waals surface area contributed by atoms with Crippen LogP contribution < -0.4 is 0 Å². The van der Waals surface area contributed by atoms with Crippen LogP contribution in [0, 0.1) is 0 Å². The molecule has 1 unspecified atom stereocenters. The van der Waals surface area contributed by atoms with Gasteiger partial charge in [0.05, 0.1) is 16.4 Å². The second kappa shape index (κ2) is 5.53. The van der Waals surface area contributed by atoms with Gasteiger partial charge in [0.15, 0.2) is 0 Å². The molecular formula is C14H14N6OS. The predicted octanol–water partition coefficient (Wildman–Crippen LogP) is 2.24. The summed E-state index contributed by atoms with van der Waals surface area (Å²) < 4.78 is 5.46. The third-order valence-electron chi connectivity index (χ3n) is 3.83. The molecule has 1 aliphatic carbocycles. The average Bonchev–Trinajstić information content (AvgIpc) is 3.23. The number of nitrogens with zero attached hydrogens (tertiary/aromatic N) is 5. The summed E-state index contributed by atoms with van der Waals surface area (Å²) in [6, 6.07) is 5.81. The molecule has 3 aromatic heterocycles. The summed E-state index contributed by atoms with van der Waals surface area (Å²) in [6.07, 6.45) is 4.60. The van der Waals surface area contributed by atoms with Crippen molar-refractivity contribution in [3.63, 3.8) is 0 Å². The molecule has 8 heteroatoms.